The van der Waals surface area contributed by atoms with Gasteiger partial charge >= 0.3 is 0 Å². The van der Waals surface area contributed by atoms with Gasteiger partial charge in [-0.25, -0.2) is 0 Å². The Balaban J connectivity index is 2.59. The van der Waals surface area contributed by atoms with E-state index in [2.05, 4.69) is 29.0 Å². The van der Waals surface area contributed by atoms with Gasteiger partial charge < -0.3 is 8.98 Å². The van der Waals surface area contributed by atoms with Gasteiger partial charge in [0.25, 0.3) is 0 Å². The molecular formula is C11H9NO. The van der Waals surface area contributed by atoms with E-state index in [4.69, 9.17) is 4.42 Å². The molecule has 1 aromatic carbocycles. The van der Waals surface area contributed by atoms with Crippen molar-refractivity contribution in [2.24, 2.45) is 7.05 Å². The number of furan rings is 1. The number of rotatable bonds is 0. The second-order valence-corrected chi connectivity index (χ2v) is 3.30. The molecule has 0 aliphatic carbocycles. The molecule has 0 bridgehead atoms. The summed E-state index contributed by atoms with van der Waals surface area (Å²) in [6.45, 7) is 0. The summed E-state index contributed by atoms with van der Waals surface area (Å²) in [5, 5.41) is 2.39. The Hall–Kier alpha value is -1.70. The Bertz CT molecular complexity index is 574. The summed E-state index contributed by atoms with van der Waals surface area (Å²) < 4.78 is 7.44. The van der Waals surface area contributed by atoms with Crippen LogP contribution in [0.3, 0.4) is 0 Å². The van der Waals surface area contributed by atoms with E-state index in [0.717, 1.165) is 11.0 Å². The van der Waals surface area contributed by atoms with E-state index < -0.39 is 0 Å². The predicted octanol–water partition coefficient (Wildman–Crippen LogP) is 2.92. The lowest BCUT2D eigenvalue weighted by Crippen LogP contribution is -1.82. The van der Waals surface area contributed by atoms with Crippen LogP contribution in [0, 0.1) is 0 Å². The van der Waals surface area contributed by atoms with Crippen molar-refractivity contribution in [3.63, 3.8) is 0 Å². The third kappa shape index (κ3) is 0.827. The molecule has 64 valence electrons. The molecule has 0 amide bonds. The van der Waals surface area contributed by atoms with Gasteiger partial charge in [0, 0.05) is 29.5 Å². The van der Waals surface area contributed by atoms with Crippen molar-refractivity contribution in [2.45, 2.75) is 0 Å². The maximum atomic E-state index is 5.33. The Morgan fingerprint density at radius 2 is 2.08 bits per heavy atom. The molecule has 0 aliphatic rings. The Kier molecular flexibility index (Phi) is 1.13. The summed E-state index contributed by atoms with van der Waals surface area (Å²) in [4.78, 5) is 0. The van der Waals surface area contributed by atoms with Crippen LogP contribution in [-0.4, -0.2) is 4.57 Å². The molecule has 13 heavy (non-hydrogen) atoms. The second kappa shape index (κ2) is 2.16. The van der Waals surface area contributed by atoms with Crippen molar-refractivity contribution in [2.75, 3.05) is 0 Å². The molecule has 2 nitrogen and oxygen atoms in total. The molecule has 2 heterocycles. The molecule has 0 unspecified atom stereocenters. The van der Waals surface area contributed by atoms with Crippen LogP contribution < -0.4 is 0 Å². The zero-order valence-corrected chi connectivity index (χ0v) is 7.32. The van der Waals surface area contributed by atoms with Crippen LogP contribution in [0.5, 0.6) is 0 Å². The minimum Gasteiger partial charge on any atom is -0.464 e. The van der Waals surface area contributed by atoms with Crippen molar-refractivity contribution in [1.82, 2.24) is 4.57 Å². The molecule has 3 aromatic rings. The topological polar surface area (TPSA) is 18.1 Å². The van der Waals surface area contributed by atoms with Crippen molar-refractivity contribution in [3.8, 4) is 0 Å². The highest BCUT2D eigenvalue weighted by atomic mass is 16.3. The lowest BCUT2D eigenvalue weighted by atomic mass is 10.2. The summed E-state index contributed by atoms with van der Waals surface area (Å²) in [6, 6.07) is 8.30. The fourth-order valence-corrected chi connectivity index (χ4v) is 1.72. The number of benzene rings is 1. The van der Waals surface area contributed by atoms with Gasteiger partial charge in [0.1, 0.15) is 5.58 Å². The molecule has 0 radical (unpaired) electrons. The van der Waals surface area contributed by atoms with E-state index in [1.165, 1.54) is 10.9 Å². The Morgan fingerprint density at radius 3 is 3.00 bits per heavy atom. The number of nitrogens with zero attached hydrogens (tertiary/aromatic N) is 1. The first-order valence-corrected chi connectivity index (χ1v) is 4.27. The summed E-state index contributed by atoms with van der Waals surface area (Å²) in [6.07, 6.45) is 3.78. The minimum absolute atomic E-state index is 0.957. The fraction of sp³-hybridized carbons (Fsp3) is 0.0909. The molecule has 0 fully saturated rings. The molecule has 2 aromatic heterocycles. The Morgan fingerprint density at radius 1 is 1.15 bits per heavy atom. The van der Waals surface area contributed by atoms with Gasteiger partial charge in [-0.2, -0.15) is 0 Å². The number of aromatic nitrogens is 1. The smallest absolute Gasteiger partial charge is 0.134 e. The fourth-order valence-electron chi connectivity index (χ4n) is 1.72. The van der Waals surface area contributed by atoms with E-state index >= 15 is 0 Å². The van der Waals surface area contributed by atoms with E-state index in [1.54, 1.807) is 6.26 Å². The van der Waals surface area contributed by atoms with Crippen molar-refractivity contribution < 1.29 is 4.42 Å². The van der Waals surface area contributed by atoms with Crippen LogP contribution in [0.2, 0.25) is 0 Å². The first-order valence-electron chi connectivity index (χ1n) is 4.27. The lowest BCUT2D eigenvalue weighted by molar-refractivity contribution is 0.616. The molecule has 0 saturated heterocycles. The molecule has 0 aliphatic heterocycles. The maximum Gasteiger partial charge on any atom is 0.134 e. The van der Waals surface area contributed by atoms with Crippen LogP contribution in [-0.2, 0) is 7.05 Å². The van der Waals surface area contributed by atoms with Gasteiger partial charge in [-0.15, -0.1) is 0 Å². The summed E-state index contributed by atoms with van der Waals surface area (Å²) in [5.74, 6) is 0. The number of fused-ring (bicyclic) bond motifs is 2. The van der Waals surface area contributed by atoms with E-state index in [0.29, 0.717) is 0 Å². The third-order valence-corrected chi connectivity index (χ3v) is 2.46. The van der Waals surface area contributed by atoms with E-state index in [9.17, 15) is 0 Å². The van der Waals surface area contributed by atoms with Gasteiger partial charge in [0.15, 0.2) is 0 Å². The number of hydrogen-bond acceptors (Lipinski definition) is 1. The molecule has 0 N–H and O–H groups in total. The normalized spacial score (nSPS) is 11.5. The molecule has 3 rings (SSSR count). The zero-order valence-electron chi connectivity index (χ0n) is 7.32. The maximum absolute atomic E-state index is 5.33. The van der Waals surface area contributed by atoms with Gasteiger partial charge in [-0.3, -0.25) is 0 Å². The lowest BCUT2D eigenvalue weighted by Gasteiger charge is -1.95. The second-order valence-electron chi connectivity index (χ2n) is 3.30. The molecule has 0 saturated carbocycles. The largest absolute Gasteiger partial charge is 0.464 e. The number of aryl methyl sites for hydroxylation is 1. The monoisotopic (exact) mass is 171 g/mol. The van der Waals surface area contributed by atoms with Crippen molar-refractivity contribution in [3.05, 3.63) is 36.7 Å². The van der Waals surface area contributed by atoms with Crippen LogP contribution in [0.15, 0.2) is 41.1 Å². The summed E-state index contributed by atoms with van der Waals surface area (Å²) >= 11 is 0. The van der Waals surface area contributed by atoms with Crippen LogP contribution >= 0.6 is 0 Å². The molecule has 0 atom stereocenters. The molecular weight excluding hydrogens is 162 g/mol. The minimum atomic E-state index is 0.957. The average Bonchev–Trinajstić information content (AvgIpc) is 2.70. The third-order valence-electron chi connectivity index (χ3n) is 2.46. The highest BCUT2D eigenvalue weighted by molar-refractivity contribution is 5.94. The quantitative estimate of drug-likeness (QED) is 0.508. The van der Waals surface area contributed by atoms with Crippen molar-refractivity contribution in [1.29, 1.82) is 0 Å². The Labute approximate surface area is 75.4 Å². The number of hydrogen-bond donors (Lipinski definition) is 0. The van der Waals surface area contributed by atoms with Crippen LogP contribution in [0.1, 0.15) is 0 Å². The molecule has 0 spiro atoms. The van der Waals surface area contributed by atoms with Gasteiger partial charge in [-0.1, -0.05) is 0 Å². The van der Waals surface area contributed by atoms with Crippen LogP contribution in [0.4, 0.5) is 0 Å². The standard InChI is InChI=1S/C11H9NO/c1-12-4-2-8-7-11-9(3-5-13-11)6-10(8)12/h2-7H,1H3. The van der Waals surface area contributed by atoms with E-state index in [1.807, 2.05) is 13.1 Å². The van der Waals surface area contributed by atoms with Gasteiger partial charge in [-0.05, 0) is 24.3 Å². The molecule has 2 heteroatoms. The van der Waals surface area contributed by atoms with E-state index in [-0.39, 0.29) is 0 Å². The first kappa shape index (κ1) is 6.78. The first-order chi connectivity index (χ1) is 6.34. The van der Waals surface area contributed by atoms with Gasteiger partial charge in [0.2, 0.25) is 0 Å². The summed E-state index contributed by atoms with van der Waals surface area (Å²) in [7, 11) is 2.05. The van der Waals surface area contributed by atoms with Crippen LogP contribution in [0.25, 0.3) is 21.9 Å². The zero-order chi connectivity index (χ0) is 8.84. The highest BCUT2D eigenvalue weighted by Gasteiger charge is 2.02. The average molecular weight is 171 g/mol. The predicted molar refractivity (Wildman–Crippen MR) is 52.7 cm³/mol. The van der Waals surface area contributed by atoms with Crippen molar-refractivity contribution >= 4 is 21.9 Å². The SMILES string of the molecule is Cn1ccc2cc3occc3cc21. The highest BCUT2D eigenvalue weighted by Crippen LogP contribution is 2.23. The summed E-state index contributed by atoms with van der Waals surface area (Å²) in [5.41, 5.74) is 2.20. The van der Waals surface area contributed by atoms with Gasteiger partial charge in [0.05, 0.1) is 6.26 Å².